The van der Waals surface area contributed by atoms with Crippen LogP contribution in [-0.2, 0) is 5.41 Å². The van der Waals surface area contributed by atoms with Crippen LogP contribution in [-0.4, -0.2) is 14.1 Å². The predicted octanol–water partition coefficient (Wildman–Crippen LogP) is 14.3. The van der Waals surface area contributed by atoms with Gasteiger partial charge in [-0.2, -0.15) is 0 Å². The number of hydrogen-bond donors (Lipinski definition) is 0. The highest BCUT2D eigenvalue weighted by Crippen LogP contribution is 2.54. The Morgan fingerprint density at radius 3 is 1.97 bits per heavy atom. The lowest BCUT2D eigenvalue weighted by molar-refractivity contribution is 0.520. The van der Waals surface area contributed by atoms with Crippen LogP contribution < -0.4 is 0 Å². The van der Waals surface area contributed by atoms with Gasteiger partial charge in [0.2, 0.25) is 0 Å². The van der Waals surface area contributed by atoms with Crippen LogP contribution in [0.1, 0.15) is 29.5 Å². The van der Waals surface area contributed by atoms with Crippen molar-refractivity contribution in [3.05, 3.63) is 205 Å². The minimum atomic E-state index is -0.110. The van der Waals surface area contributed by atoms with E-state index in [9.17, 15) is 0 Å². The van der Waals surface area contributed by atoms with Crippen molar-refractivity contribution < 1.29 is 0 Å². The summed E-state index contributed by atoms with van der Waals surface area (Å²) in [5.74, 6) is 1.17. The fourth-order valence-electron chi connectivity index (χ4n) is 10.4. The van der Waals surface area contributed by atoms with Crippen molar-refractivity contribution in [1.82, 2.24) is 14.1 Å². The SMILES string of the molecule is CC12C=CC(c3ccc4sc5cnc(-n6c7ccccc7c7cc(-n8c9ccccc9c9ccccc98)ccc76)cc5c4c3)=CC1c1ccccc1-c1ccccc12. The summed E-state index contributed by atoms with van der Waals surface area (Å²) in [7, 11) is 0. The van der Waals surface area contributed by atoms with Gasteiger partial charge in [0.15, 0.2) is 0 Å². The maximum atomic E-state index is 5.15. The molecule has 3 nitrogen and oxygen atoms in total. The van der Waals surface area contributed by atoms with E-state index in [0.717, 1.165) is 22.5 Å². The van der Waals surface area contributed by atoms with Crippen LogP contribution in [0.25, 0.3) is 92.0 Å². The number of fused-ring (bicyclic) bond motifs is 15. The molecule has 0 saturated heterocycles. The lowest BCUT2D eigenvalue weighted by atomic mass is 9.60. The van der Waals surface area contributed by atoms with Crippen LogP contribution in [0.3, 0.4) is 0 Å². The molecule has 2 unspecified atom stereocenters. The summed E-state index contributed by atoms with van der Waals surface area (Å²) < 4.78 is 7.22. The molecule has 2 aliphatic carbocycles. The summed E-state index contributed by atoms with van der Waals surface area (Å²) in [4.78, 5) is 5.15. The highest BCUT2D eigenvalue weighted by atomic mass is 32.1. The fourth-order valence-corrected chi connectivity index (χ4v) is 11.4. The number of thiophene rings is 1. The smallest absolute Gasteiger partial charge is 0.138 e. The number of rotatable bonds is 3. The summed E-state index contributed by atoms with van der Waals surface area (Å²) in [5.41, 5.74) is 13.8. The monoisotopic (exact) mass is 757 g/mol. The third kappa shape index (κ3) is 4.35. The van der Waals surface area contributed by atoms with Gasteiger partial charge in [0.1, 0.15) is 5.82 Å². The second-order valence-corrected chi connectivity index (χ2v) is 17.2. The lowest BCUT2D eigenvalue weighted by Gasteiger charge is -2.43. The van der Waals surface area contributed by atoms with E-state index in [1.54, 1.807) is 0 Å². The van der Waals surface area contributed by atoms with Gasteiger partial charge in [-0.05, 0) is 88.0 Å². The van der Waals surface area contributed by atoms with E-state index in [-0.39, 0.29) is 11.3 Å². The topological polar surface area (TPSA) is 22.8 Å². The maximum absolute atomic E-state index is 5.15. The molecule has 0 bridgehead atoms. The van der Waals surface area contributed by atoms with E-state index in [1.165, 1.54) is 86.1 Å². The van der Waals surface area contributed by atoms with Gasteiger partial charge < -0.3 is 4.57 Å². The molecule has 0 N–H and O–H groups in total. The van der Waals surface area contributed by atoms with Crippen molar-refractivity contribution in [3.8, 4) is 22.6 Å². The molecular weight excluding hydrogens is 723 g/mol. The molecule has 0 aliphatic heterocycles. The van der Waals surface area contributed by atoms with Crippen LogP contribution in [0.4, 0.5) is 0 Å². The van der Waals surface area contributed by atoms with Gasteiger partial charge in [-0.3, -0.25) is 4.57 Å². The predicted molar refractivity (Wildman–Crippen MR) is 245 cm³/mol. The third-order valence-electron chi connectivity index (χ3n) is 13.1. The molecule has 0 saturated carbocycles. The molecule has 0 amide bonds. The Morgan fingerprint density at radius 2 is 1.17 bits per heavy atom. The Balaban J connectivity index is 0.954. The summed E-state index contributed by atoms with van der Waals surface area (Å²) >= 11 is 1.82. The molecule has 58 heavy (non-hydrogen) atoms. The van der Waals surface area contributed by atoms with Gasteiger partial charge in [-0.25, -0.2) is 4.98 Å². The normalized spacial score (nSPS) is 17.3. The zero-order chi connectivity index (χ0) is 38.1. The summed E-state index contributed by atoms with van der Waals surface area (Å²) in [6.45, 7) is 2.40. The Morgan fingerprint density at radius 1 is 0.534 bits per heavy atom. The van der Waals surface area contributed by atoms with Crippen molar-refractivity contribution in [2.75, 3.05) is 0 Å². The molecular formula is C54H35N3S. The molecule has 7 aromatic carbocycles. The maximum Gasteiger partial charge on any atom is 0.138 e. The Hall–Kier alpha value is -7.01. The lowest BCUT2D eigenvalue weighted by Crippen LogP contribution is -2.33. The highest BCUT2D eigenvalue weighted by molar-refractivity contribution is 7.25. The molecule has 0 fully saturated rings. The Kier molecular flexibility index (Phi) is 6.51. The first-order chi connectivity index (χ1) is 28.6. The zero-order valence-electron chi connectivity index (χ0n) is 31.7. The summed E-state index contributed by atoms with van der Waals surface area (Å²) in [6.07, 6.45) is 9.40. The van der Waals surface area contributed by atoms with Crippen molar-refractivity contribution in [1.29, 1.82) is 0 Å². The zero-order valence-corrected chi connectivity index (χ0v) is 32.5. The molecule has 272 valence electrons. The number of para-hydroxylation sites is 3. The molecule has 0 spiro atoms. The van der Waals surface area contributed by atoms with Gasteiger partial charge in [-0.15, -0.1) is 11.3 Å². The molecule has 4 aromatic heterocycles. The van der Waals surface area contributed by atoms with Gasteiger partial charge >= 0.3 is 0 Å². The molecule has 0 radical (unpaired) electrons. The molecule has 4 heterocycles. The fraction of sp³-hybridized carbons (Fsp3) is 0.0556. The second kappa shape index (κ2) is 11.8. The summed E-state index contributed by atoms with van der Waals surface area (Å²) in [5, 5.41) is 7.47. The standard InChI is InChI=1S/C54H35N3S/c1-54-27-26-34(29-46(54)38-14-3-2-12-36(38)37-13-4-8-18-45(37)54)33-22-25-51-43(28-33)44-31-53(55-32-52(44)58-51)57-49-21-11-7-17-41(49)42-30-35(23-24-50(42)57)56-47-19-9-5-15-39(47)40-16-6-10-20-48(40)56/h2-32,46H,1H3. The Bertz CT molecular complexity index is 3560. The van der Waals surface area contributed by atoms with Crippen LogP contribution in [0.15, 0.2) is 188 Å². The largest absolute Gasteiger partial charge is 0.309 e. The minimum Gasteiger partial charge on any atom is -0.309 e. The van der Waals surface area contributed by atoms with E-state index < -0.39 is 0 Å². The number of aromatic nitrogens is 3. The average molecular weight is 758 g/mol. The first kappa shape index (κ1) is 32.1. The number of allylic oxidation sites excluding steroid dienone is 4. The van der Waals surface area contributed by atoms with Gasteiger partial charge in [-0.1, -0.05) is 134 Å². The van der Waals surface area contributed by atoms with E-state index in [1.807, 2.05) is 11.3 Å². The first-order valence-corrected chi connectivity index (χ1v) is 20.9. The number of pyridine rings is 1. The van der Waals surface area contributed by atoms with Crippen molar-refractivity contribution >= 4 is 80.7 Å². The van der Waals surface area contributed by atoms with Crippen molar-refractivity contribution in [3.63, 3.8) is 0 Å². The summed E-state index contributed by atoms with van der Waals surface area (Å²) in [6, 6.07) is 60.3. The highest BCUT2D eigenvalue weighted by Gasteiger charge is 2.42. The third-order valence-corrected chi connectivity index (χ3v) is 14.2. The van der Waals surface area contributed by atoms with Crippen LogP contribution in [0, 0.1) is 0 Å². The van der Waals surface area contributed by atoms with Crippen molar-refractivity contribution in [2.24, 2.45) is 0 Å². The van der Waals surface area contributed by atoms with E-state index in [4.69, 9.17) is 4.98 Å². The Labute approximate surface area is 339 Å². The minimum absolute atomic E-state index is 0.110. The number of benzene rings is 7. The molecule has 13 rings (SSSR count). The van der Waals surface area contributed by atoms with Crippen LogP contribution >= 0.6 is 11.3 Å². The van der Waals surface area contributed by atoms with E-state index in [2.05, 4.69) is 204 Å². The van der Waals surface area contributed by atoms with Crippen LogP contribution in [0.5, 0.6) is 0 Å². The first-order valence-electron chi connectivity index (χ1n) is 20.1. The average Bonchev–Trinajstić information content (AvgIpc) is 3.93. The van der Waals surface area contributed by atoms with Gasteiger partial charge in [0, 0.05) is 60.2 Å². The van der Waals surface area contributed by atoms with E-state index >= 15 is 0 Å². The van der Waals surface area contributed by atoms with Gasteiger partial charge in [0.05, 0.1) is 26.8 Å². The van der Waals surface area contributed by atoms with Crippen molar-refractivity contribution in [2.45, 2.75) is 18.3 Å². The molecule has 4 heteroatoms. The van der Waals surface area contributed by atoms with Gasteiger partial charge in [0.25, 0.3) is 0 Å². The number of hydrogen-bond acceptors (Lipinski definition) is 2. The molecule has 2 atom stereocenters. The number of nitrogens with zero attached hydrogens (tertiary/aromatic N) is 3. The molecule has 11 aromatic rings. The quantitative estimate of drug-likeness (QED) is 0.176. The molecule has 2 aliphatic rings. The van der Waals surface area contributed by atoms with Crippen LogP contribution in [0.2, 0.25) is 0 Å². The van der Waals surface area contributed by atoms with E-state index in [0.29, 0.717) is 0 Å². The second-order valence-electron chi connectivity index (χ2n) is 16.1.